The largest absolute Gasteiger partial charge is 0.508 e. The lowest BCUT2D eigenvalue weighted by Gasteiger charge is -2.10. The number of aromatic nitrogens is 1. The second kappa shape index (κ2) is 7.80. The highest BCUT2D eigenvalue weighted by Gasteiger charge is 2.19. The van der Waals surface area contributed by atoms with Crippen LogP contribution in [0.4, 0.5) is 0 Å². The number of ether oxygens (including phenoxy) is 1. The Morgan fingerprint density at radius 1 is 1.07 bits per heavy atom. The molecule has 1 N–H and O–H groups in total. The normalized spacial score (nSPS) is 10.6. The maximum Gasteiger partial charge on any atom is 0.338 e. The van der Waals surface area contributed by atoms with Crippen LogP contribution < -0.4 is 0 Å². The van der Waals surface area contributed by atoms with Crippen LogP contribution in [0.1, 0.15) is 32.1 Å². The van der Waals surface area contributed by atoms with Gasteiger partial charge in [-0.25, -0.2) is 4.79 Å². The van der Waals surface area contributed by atoms with Crippen LogP contribution in [0.15, 0.2) is 59.1 Å². The molecule has 0 aliphatic carbocycles. The van der Waals surface area contributed by atoms with E-state index in [1.807, 2.05) is 42.7 Å². The minimum atomic E-state index is -0.653. The van der Waals surface area contributed by atoms with E-state index in [-0.39, 0.29) is 23.7 Å². The van der Waals surface area contributed by atoms with Crippen LogP contribution in [-0.4, -0.2) is 28.0 Å². The molecule has 0 radical (unpaired) electrons. The van der Waals surface area contributed by atoms with Crippen molar-refractivity contribution in [1.82, 2.24) is 4.57 Å². The zero-order valence-corrected chi connectivity index (χ0v) is 16.5. The van der Waals surface area contributed by atoms with E-state index in [9.17, 15) is 14.7 Å². The van der Waals surface area contributed by atoms with Gasteiger partial charge in [-0.1, -0.05) is 28.1 Å². The number of hydrogen-bond acceptors (Lipinski definition) is 4. The summed E-state index contributed by atoms with van der Waals surface area (Å²) in [6.07, 6.45) is 0. The number of hydrogen-bond donors (Lipinski definition) is 1. The van der Waals surface area contributed by atoms with Gasteiger partial charge >= 0.3 is 5.97 Å². The predicted octanol–water partition coefficient (Wildman–Crippen LogP) is 4.60. The van der Waals surface area contributed by atoms with Gasteiger partial charge in [0.2, 0.25) is 5.78 Å². The van der Waals surface area contributed by atoms with Crippen LogP contribution in [0.3, 0.4) is 0 Å². The Balaban J connectivity index is 1.78. The van der Waals surface area contributed by atoms with Gasteiger partial charge in [0.15, 0.2) is 6.61 Å². The number of carbonyl (C=O) groups excluding carboxylic acids is 2. The summed E-state index contributed by atoms with van der Waals surface area (Å²) in [7, 11) is 0. The molecule has 5 nitrogen and oxygen atoms in total. The Hall–Kier alpha value is -2.86. The fraction of sp³-hybridized carbons (Fsp3) is 0.143. The molecule has 0 bridgehead atoms. The molecule has 2 aromatic carbocycles. The first-order valence-electron chi connectivity index (χ1n) is 8.31. The van der Waals surface area contributed by atoms with E-state index in [2.05, 4.69) is 15.9 Å². The first-order chi connectivity index (χ1) is 12.9. The SMILES string of the molecule is Cc1cc(C(=O)COC(=O)c2cccc(O)c2)c(C)n1-c1cccc(Br)c1. The van der Waals surface area contributed by atoms with E-state index in [0.717, 1.165) is 21.5 Å². The van der Waals surface area contributed by atoms with Gasteiger partial charge < -0.3 is 14.4 Å². The second-order valence-electron chi connectivity index (χ2n) is 6.15. The van der Waals surface area contributed by atoms with Gasteiger partial charge in [-0.15, -0.1) is 0 Å². The summed E-state index contributed by atoms with van der Waals surface area (Å²) >= 11 is 3.46. The molecule has 3 rings (SSSR count). The molecule has 0 unspecified atom stereocenters. The fourth-order valence-electron chi connectivity index (χ4n) is 2.98. The summed E-state index contributed by atoms with van der Waals surface area (Å²) in [5, 5.41) is 9.43. The number of rotatable bonds is 5. The summed E-state index contributed by atoms with van der Waals surface area (Å²) in [5.74, 6) is -0.966. The predicted molar refractivity (Wildman–Crippen MR) is 106 cm³/mol. The van der Waals surface area contributed by atoms with Crippen LogP contribution in [0, 0.1) is 13.8 Å². The average molecular weight is 428 g/mol. The number of carbonyl (C=O) groups is 2. The Bertz CT molecular complexity index is 1020. The monoisotopic (exact) mass is 427 g/mol. The number of halogens is 1. The lowest BCUT2D eigenvalue weighted by molar-refractivity contribution is 0.0474. The van der Waals surface area contributed by atoms with Crippen LogP contribution in [0.25, 0.3) is 5.69 Å². The van der Waals surface area contributed by atoms with Crippen molar-refractivity contribution in [2.75, 3.05) is 6.61 Å². The topological polar surface area (TPSA) is 68.5 Å². The van der Waals surface area contributed by atoms with E-state index in [0.29, 0.717) is 5.56 Å². The number of nitrogens with zero attached hydrogens (tertiary/aromatic N) is 1. The number of aromatic hydroxyl groups is 1. The third kappa shape index (κ3) is 4.11. The molecule has 3 aromatic rings. The molecule has 0 saturated heterocycles. The Kier molecular flexibility index (Phi) is 5.46. The van der Waals surface area contributed by atoms with Crippen molar-refractivity contribution in [1.29, 1.82) is 0 Å². The van der Waals surface area contributed by atoms with E-state index in [1.165, 1.54) is 18.2 Å². The number of benzene rings is 2. The van der Waals surface area contributed by atoms with Crippen molar-refractivity contribution in [2.24, 2.45) is 0 Å². The van der Waals surface area contributed by atoms with Gasteiger partial charge in [-0.05, 0) is 56.3 Å². The van der Waals surface area contributed by atoms with E-state index < -0.39 is 5.97 Å². The van der Waals surface area contributed by atoms with Crippen molar-refractivity contribution >= 4 is 27.7 Å². The van der Waals surface area contributed by atoms with E-state index in [4.69, 9.17) is 4.74 Å². The molecule has 0 spiro atoms. The van der Waals surface area contributed by atoms with Gasteiger partial charge in [0.1, 0.15) is 5.75 Å². The van der Waals surface area contributed by atoms with Crippen LogP contribution in [0.2, 0.25) is 0 Å². The van der Waals surface area contributed by atoms with Gasteiger partial charge in [0.05, 0.1) is 5.56 Å². The number of phenols is 1. The number of ketones is 1. The van der Waals surface area contributed by atoms with Crippen molar-refractivity contribution < 1.29 is 19.4 Å². The molecule has 0 amide bonds. The summed E-state index contributed by atoms with van der Waals surface area (Å²) < 4.78 is 8.04. The molecule has 0 saturated carbocycles. The number of aryl methyl sites for hydroxylation is 1. The molecule has 0 atom stereocenters. The van der Waals surface area contributed by atoms with Crippen LogP contribution >= 0.6 is 15.9 Å². The van der Waals surface area contributed by atoms with Crippen LogP contribution in [-0.2, 0) is 4.74 Å². The molecule has 0 fully saturated rings. The van der Waals surface area contributed by atoms with Gasteiger partial charge in [-0.3, -0.25) is 4.79 Å². The molecule has 1 heterocycles. The summed E-state index contributed by atoms with van der Waals surface area (Å²) in [5.41, 5.74) is 3.34. The molecule has 1 aromatic heterocycles. The Morgan fingerprint density at radius 3 is 2.52 bits per heavy atom. The van der Waals surface area contributed by atoms with E-state index >= 15 is 0 Å². The second-order valence-corrected chi connectivity index (χ2v) is 7.07. The summed E-state index contributed by atoms with van der Waals surface area (Å²) in [6.45, 7) is 3.42. The highest BCUT2D eigenvalue weighted by molar-refractivity contribution is 9.10. The van der Waals surface area contributed by atoms with Crippen molar-refractivity contribution in [3.63, 3.8) is 0 Å². The molecule has 0 aliphatic rings. The Labute approximate surface area is 165 Å². The molecule has 138 valence electrons. The summed E-state index contributed by atoms with van der Waals surface area (Å²) in [6, 6.07) is 15.4. The molecule has 6 heteroatoms. The van der Waals surface area contributed by atoms with Gasteiger partial charge in [0.25, 0.3) is 0 Å². The quantitative estimate of drug-likeness (QED) is 0.477. The third-order valence-electron chi connectivity index (χ3n) is 4.21. The van der Waals surface area contributed by atoms with Gasteiger partial charge in [0, 0.05) is 27.1 Å². The smallest absolute Gasteiger partial charge is 0.338 e. The molecular weight excluding hydrogens is 410 g/mol. The van der Waals surface area contributed by atoms with Gasteiger partial charge in [-0.2, -0.15) is 0 Å². The van der Waals surface area contributed by atoms with E-state index in [1.54, 1.807) is 12.1 Å². The zero-order valence-electron chi connectivity index (χ0n) is 14.9. The average Bonchev–Trinajstić information content (AvgIpc) is 2.93. The molecule has 0 aliphatic heterocycles. The lowest BCUT2D eigenvalue weighted by Crippen LogP contribution is -2.15. The minimum Gasteiger partial charge on any atom is -0.508 e. The van der Waals surface area contributed by atoms with Crippen molar-refractivity contribution in [2.45, 2.75) is 13.8 Å². The van der Waals surface area contributed by atoms with Crippen molar-refractivity contribution in [3.8, 4) is 11.4 Å². The highest BCUT2D eigenvalue weighted by Crippen LogP contribution is 2.23. The number of Topliss-reactive ketones (excluding diaryl/α,β-unsaturated/α-hetero) is 1. The first-order valence-corrected chi connectivity index (χ1v) is 9.10. The number of phenolic OH excluding ortho intramolecular Hbond substituents is 1. The first kappa shape index (κ1) is 18.9. The Morgan fingerprint density at radius 2 is 1.81 bits per heavy atom. The maximum atomic E-state index is 12.6. The van der Waals surface area contributed by atoms with Crippen molar-refractivity contribution in [3.05, 3.63) is 81.6 Å². The minimum absolute atomic E-state index is 0.0339. The highest BCUT2D eigenvalue weighted by atomic mass is 79.9. The lowest BCUT2D eigenvalue weighted by atomic mass is 10.1. The zero-order chi connectivity index (χ0) is 19.6. The standard InChI is InChI=1S/C21H18BrNO4/c1-13-9-19(14(2)23(13)17-7-4-6-16(22)11-17)20(25)12-27-21(26)15-5-3-8-18(24)10-15/h3-11,24H,12H2,1-2H3. The fourth-order valence-corrected chi connectivity index (χ4v) is 3.37. The maximum absolute atomic E-state index is 12.6. The third-order valence-corrected chi connectivity index (χ3v) is 4.71. The number of esters is 1. The van der Waals surface area contributed by atoms with Crippen LogP contribution in [0.5, 0.6) is 5.75 Å². The molecule has 27 heavy (non-hydrogen) atoms. The molecular formula is C21H18BrNO4. The summed E-state index contributed by atoms with van der Waals surface area (Å²) in [4.78, 5) is 24.6.